The third-order valence-corrected chi connectivity index (χ3v) is 5.14. The standard InChI is InChI=1S/C21H16F3N5O3.C2HF3O2/c1-29-9-7-20(31,19(29)30)6-4-12-2-3-15(32-21(22,23)24)14(10-12)18-27-11-13-5-8-26-17(25)16(13)28-18;3-2(4,5)1(6)7/h2-3,5,8,10-11,31H,7,9H2,1H3,(H2,25,26);(H,6,7)/t20-;/m0./s1. The Morgan fingerprint density at radius 3 is 2.41 bits per heavy atom. The third-order valence-electron chi connectivity index (χ3n) is 5.14. The Hall–Kier alpha value is -4.65. The molecule has 1 amide bonds. The lowest BCUT2D eigenvalue weighted by molar-refractivity contribution is -0.274. The van der Waals surface area contributed by atoms with Gasteiger partial charge in [-0.3, -0.25) is 4.79 Å². The number of nitrogen functional groups attached to an aromatic ring is 1. The zero-order valence-corrected chi connectivity index (χ0v) is 19.6. The molecule has 0 radical (unpaired) electrons. The normalized spacial score (nSPS) is 17.2. The van der Waals surface area contributed by atoms with Gasteiger partial charge in [-0.05, 0) is 24.3 Å². The van der Waals surface area contributed by atoms with Crippen molar-refractivity contribution in [3.8, 4) is 29.0 Å². The molecule has 3 heterocycles. The lowest BCUT2D eigenvalue weighted by Gasteiger charge is -2.14. The fraction of sp³-hybridized carbons (Fsp3) is 0.261. The molecule has 0 aliphatic carbocycles. The first-order chi connectivity index (χ1) is 18.0. The van der Waals surface area contributed by atoms with Gasteiger partial charge in [0.2, 0.25) is 5.60 Å². The molecule has 0 bridgehead atoms. The molecular weight excluding hydrogens is 540 g/mol. The first kappa shape index (κ1) is 28.9. The summed E-state index contributed by atoms with van der Waals surface area (Å²) in [5.41, 5.74) is 4.38. The number of likely N-dealkylation sites (N-methyl/N-ethyl adjacent to an activating group) is 1. The highest BCUT2D eigenvalue weighted by atomic mass is 19.4. The van der Waals surface area contributed by atoms with Crippen LogP contribution in [-0.2, 0) is 9.59 Å². The van der Waals surface area contributed by atoms with E-state index < -0.39 is 35.8 Å². The van der Waals surface area contributed by atoms with E-state index in [1.807, 2.05) is 0 Å². The van der Waals surface area contributed by atoms with Crippen LogP contribution in [0.25, 0.3) is 22.3 Å². The van der Waals surface area contributed by atoms with Crippen LogP contribution in [0.3, 0.4) is 0 Å². The number of fused-ring (bicyclic) bond motifs is 1. The monoisotopic (exact) mass is 557 g/mol. The molecule has 1 saturated heterocycles. The quantitative estimate of drug-likeness (QED) is 0.319. The van der Waals surface area contributed by atoms with Crippen LogP contribution in [0.4, 0.5) is 32.2 Å². The van der Waals surface area contributed by atoms with Crippen LogP contribution in [0, 0.1) is 11.8 Å². The topological polar surface area (TPSA) is 152 Å². The molecule has 4 N–H and O–H groups in total. The number of carboxylic acid groups (broad SMARTS) is 1. The van der Waals surface area contributed by atoms with Crippen LogP contribution in [-0.4, -0.2) is 73.7 Å². The van der Waals surface area contributed by atoms with E-state index in [9.17, 15) is 36.2 Å². The number of carbonyl (C=O) groups is 2. The Labute approximate surface area is 215 Å². The molecule has 1 aliphatic heterocycles. The van der Waals surface area contributed by atoms with Crippen molar-refractivity contribution in [1.82, 2.24) is 19.9 Å². The lowest BCUT2D eigenvalue weighted by Crippen LogP contribution is -2.37. The maximum Gasteiger partial charge on any atom is 0.573 e. The summed E-state index contributed by atoms with van der Waals surface area (Å²) in [6, 6.07) is 5.25. The summed E-state index contributed by atoms with van der Waals surface area (Å²) in [4.78, 5) is 34.6. The number of ether oxygens (including phenoxy) is 1. The number of halogens is 6. The number of rotatable bonds is 2. The highest BCUT2D eigenvalue weighted by molar-refractivity contribution is 5.90. The van der Waals surface area contributed by atoms with Gasteiger partial charge in [-0.1, -0.05) is 11.8 Å². The second-order valence-electron chi connectivity index (χ2n) is 7.98. The van der Waals surface area contributed by atoms with Crippen molar-refractivity contribution in [2.24, 2.45) is 0 Å². The summed E-state index contributed by atoms with van der Waals surface area (Å²) < 4.78 is 74.7. The maximum atomic E-state index is 12.9. The van der Waals surface area contributed by atoms with Gasteiger partial charge in [-0.25, -0.2) is 19.7 Å². The Kier molecular flexibility index (Phi) is 7.87. The summed E-state index contributed by atoms with van der Waals surface area (Å²) in [6.07, 6.45) is -7.05. The van der Waals surface area contributed by atoms with Gasteiger partial charge in [-0.2, -0.15) is 13.2 Å². The lowest BCUT2D eigenvalue weighted by atomic mass is 10.0. The third kappa shape index (κ3) is 7.02. The van der Waals surface area contributed by atoms with E-state index in [1.165, 1.54) is 29.4 Å². The molecule has 0 unspecified atom stereocenters. The molecule has 0 saturated carbocycles. The summed E-state index contributed by atoms with van der Waals surface area (Å²) in [5.74, 6) is 1.33. The van der Waals surface area contributed by atoms with Crippen molar-refractivity contribution in [2.75, 3.05) is 19.3 Å². The number of carbonyl (C=O) groups excluding carboxylic acids is 1. The number of hydrogen-bond acceptors (Lipinski definition) is 8. The van der Waals surface area contributed by atoms with Crippen molar-refractivity contribution in [1.29, 1.82) is 0 Å². The number of alkyl halides is 6. The second kappa shape index (κ2) is 10.6. The highest BCUT2D eigenvalue weighted by Gasteiger charge is 2.42. The summed E-state index contributed by atoms with van der Waals surface area (Å²) in [6.45, 7) is 0.341. The van der Waals surface area contributed by atoms with E-state index in [4.69, 9.17) is 15.6 Å². The molecular formula is C23H17F6N5O5. The minimum atomic E-state index is -5.08. The van der Waals surface area contributed by atoms with Crippen molar-refractivity contribution >= 4 is 28.6 Å². The van der Waals surface area contributed by atoms with E-state index in [0.717, 1.165) is 6.07 Å². The number of nitrogens with zero attached hydrogens (tertiary/aromatic N) is 4. The van der Waals surface area contributed by atoms with Crippen molar-refractivity contribution in [3.63, 3.8) is 0 Å². The zero-order valence-electron chi connectivity index (χ0n) is 19.6. The van der Waals surface area contributed by atoms with Gasteiger partial charge in [0.05, 0.1) is 5.56 Å². The molecule has 1 fully saturated rings. The van der Waals surface area contributed by atoms with Gasteiger partial charge in [0.1, 0.15) is 17.1 Å². The fourth-order valence-electron chi connectivity index (χ4n) is 3.25. The van der Waals surface area contributed by atoms with Gasteiger partial charge >= 0.3 is 18.5 Å². The van der Waals surface area contributed by atoms with Gasteiger partial charge in [0, 0.05) is 43.4 Å². The largest absolute Gasteiger partial charge is 0.573 e. The number of aromatic nitrogens is 3. The molecule has 1 aromatic carbocycles. The van der Waals surface area contributed by atoms with Crippen LogP contribution in [0.2, 0.25) is 0 Å². The van der Waals surface area contributed by atoms with Crippen LogP contribution in [0.5, 0.6) is 5.75 Å². The van der Waals surface area contributed by atoms with Gasteiger partial charge in [0.15, 0.2) is 5.82 Å². The van der Waals surface area contributed by atoms with E-state index in [0.29, 0.717) is 11.9 Å². The average Bonchev–Trinajstić information content (AvgIpc) is 3.10. The average molecular weight is 557 g/mol. The molecule has 206 valence electrons. The number of aliphatic carboxylic acids is 1. The molecule has 3 aromatic rings. The molecule has 1 aliphatic rings. The number of amides is 1. The van der Waals surface area contributed by atoms with E-state index in [-0.39, 0.29) is 34.7 Å². The fourth-order valence-corrected chi connectivity index (χ4v) is 3.25. The number of likely N-dealkylation sites (tertiary alicyclic amines) is 1. The summed E-state index contributed by atoms with van der Waals surface area (Å²) >= 11 is 0. The minimum Gasteiger partial charge on any atom is -0.475 e. The Morgan fingerprint density at radius 1 is 1.18 bits per heavy atom. The van der Waals surface area contributed by atoms with Gasteiger partial charge in [-0.15, -0.1) is 13.2 Å². The zero-order chi connectivity index (χ0) is 29.2. The number of hydrogen-bond donors (Lipinski definition) is 3. The van der Waals surface area contributed by atoms with E-state index in [2.05, 4.69) is 31.5 Å². The van der Waals surface area contributed by atoms with Crippen LogP contribution in [0.15, 0.2) is 36.7 Å². The summed E-state index contributed by atoms with van der Waals surface area (Å²) in [5, 5.41) is 18.1. The number of carboxylic acids is 1. The molecule has 1 atom stereocenters. The Morgan fingerprint density at radius 2 is 1.85 bits per heavy atom. The predicted octanol–water partition coefficient (Wildman–Crippen LogP) is 2.75. The molecule has 4 rings (SSSR count). The minimum absolute atomic E-state index is 0.0875. The van der Waals surface area contributed by atoms with Crippen molar-refractivity contribution in [3.05, 3.63) is 42.2 Å². The molecule has 39 heavy (non-hydrogen) atoms. The van der Waals surface area contributed by atoms with Crippen molar-refractivity contribution in [2.45, 2.75) is 24.6 Å². The number of anilines is 1. The highest BCUT2D eigenvalue weighted by Crippen LogP contribution is 2.34. The first-order valence-electron chi connectivity index (χ1n) is 10.6. The van der Waals surface area contributed by atoms with Crippen LogP contribution < -0.4 is 10.5 Å². The maximum absolute atomic E-state index is 12.9. The predicted molar refractivity (Wildman–Crippen MR) is 122 cm³/mol. The summed E-state index contributed by atoms with van der Waals surface area (Å²) in [7, 11) is 1.54. The Balaban J connectivity index is 0.000000532. The van der Waals surface area contributed by atoms with Crippen molar-refractivity contribution < 1.29 is 50.9 Å². The first-order valence-corrected chi connectivity index (χ1v) is 10.6. The van der Waals surface area contributed by atoms with Crippen LogP contribution in [0.1, 0.15) is 12.0 Å². The smallest absolute Gasteiger partial charge is 0.475 e. The molecule has 0 spiro atoms. The van der Waals surface area contributed by atoms with Gasteiger partial charge < -0.3 is 25.6 Å². The number of nitrogens with two attached hydrogens (primary N) is 1. The SMILES string of the molecule is CN1CC[C@@](O)(C#Cc2ccc(OC(F)(F)F)c(-c3ncc4ccnc(N)c4n3)c2)C1=O.O=C(O)C(F)(F)F. The van der Waals surface area contributed by atoms with E-state index in [1.54, 1.807) is 13.1 Å². The number of benzene rings is 1. The number of pyridine rings is 1. The van der Waals surface area contributed by atoms with Crippen LogP contribution >= 0.6 is 0 Å². The molecule has 16 heteroatoms. The number of aliphatic hydroxyl groups is 1. The van der Waals surface area contributed by atoms with Gasteiger partial charge in [0.25, 0.3) is 5.91 Å². The Bertz CT molecular complexity index is 1480. The second-order valence-corrected chi connectivity index (χ2v) is 7.98. The molecule has 10 nitrogen and oxygen atoms in total. The van der Waals surface area contributed by atoms with E-state index >= 15 is 0 Å². The molecule has 2 aromatic heterocycles.